The summed E-state index contributed by atoms with van der Waals surface area (Å²) < 4.78 is 28.3. The van der Waals surface area contributed by atoms with E-state index in [4.69, 9.17) is 13.3 Å². The van der Waals surface area contributed by atoms with Crippen LogP contribution in [0.1, 0.15) is 69.5 Å². The van der Waals surface area contributed by atoms with Crippen LogP contribution in [0.5, 0.6) is 0 Å². The number of fused-ring (bicyclic) bond motifs is 24. The smallest absolute Gasteiger partial charge is 0.135 e. The number of benzene rings is 16. The molecule has 114 heavy (non-hydrogen) atoms. The summed E-state index contributed by atoms with van der Waals surface area (Å²) in [5.41, 5.74) is 22.4. The van der Waals surface area contributed by atoms with Crippen LogP contribution in [-0.4, -0.2) is 0 Å². The molecule has 1 aliphatic rings. The third-order valence-corrected chi connectivity index (χ3v) is 26.5. The largest absolute Gasteiger partial charge is 0.456 e. The van der Waals surface area contributed by atoms with Crippen molar-refractivity contribution in [3.63, 3.8) is 0 Å². The summed E-state index contributed by atoms with van der Waals surface area (Å²) >= 11 is 7.51. The second-order valence-corrected chi connectivity index (χ2v) is 34.5. The Bertz CT molecular complexity index is 7090. The van der Waals surface area contributed by atoms with Gasteiger partial charge in [0.25, 0.3) is 0 Å². The van der Waals surface area contributed by atoms with Gasteiger partial charge in [-0.25, -0.2) is 0 Å². The summed E-state index contributed by atoms with van der Waals surface area (Å²) in [6.07, 6.45) is 0. The van der Waals surface area contributed by atoms with Crippen molar-refractivity contribution in [1.29, 1.82) is 0 Å². The molecule has 1 aliphatic carbocycles. The van der Waals surface area contributed by atoms with Crippen LogP contribution in [0.3, 0.4) is 0 Å². The number of para-hydroxylation sites is 3. The van der Waals surface area contributed by atoms with Gasteiger partial charge < -0.3 is 13.3 Å². The first-order valence-corrected chi connectivity index (χ1v) is 42.2. The monoisotopic (exact) mass is 1550 g/mol. The maximum Gasteiger partial charge on any atom is 0.135 e. The van der Waals surface area contributed by atoms with Crippen LogP contribution in [0.15, 0.2) is 353 Å². The minimum Gasteiger partial charge on any atom is -0.456 e. The molecule has 3 nitrogen and oxygen atoms in total. The fraction of sp³-hybridized carbons (Fsp3) is 0.103. The van der Waals surface area contributed by atoms with Gasteiger partial charge in [0.1, 0.15) is 33.5 Å². The molecule has 0 unspecified atom stereocenters. The predicted octanol–water partition coefficient (Wildman–Crippen LogP) is 33.4. The second kappa shape index (κ2) is 32.1. The summed E-state index contributed by atoms with van der Waals surface area (Å²) in [4.78, 5) is 0. The fourth-order valence-corrected chi connectivity index (χ4v) is 20.9. The maximum absolute atomic E-state index is 5.73. The van der Waals surface area contributed by atoms with Crippen LogP contribution >= 0.6 is 45.3 Å². The Morgan fingerprint density at radius 3 is 1.29 bits per heavy atom. The Balaban J connectivity index is 0.0000000942. The van der Waals surface area contributed by atoms with E-state index in [1.165, 1.54) is 180 Å². The zero-order valence-corrected chi connectivity index (χ0v) is 69.0. The normalized spacial score (nSPS) is 11.8. The molecule has 0 saturated heterocycles. The Morgan fingerprint density at radius 1 is 0.211 bits per heavy atom. The van der Waals surface area contributed by atoms with Crippen LogP contribution < -0.4 is 0 Å². The average molecular weight is 1550 g/mol. The highest BCUT2D eigenvalue weighted by Gasteiger charge is 2.36. The minimum absolute atomic E-state index is 0.150. The molecule has 0 aliphatic heterocycles. The van der Waals surface area contributed by atoms with Crippen molar-refractivity contribution in [1.82, 2.24) is 0 Å². The van der Waals surface area contributed by atoms with Gasteiger partial charge in [-0.1, -0.05) is 274 Å². The van der Waals surface area contributed by atoms with Crippen molar-refractivity contribution >= 4 is 192 Å². The third kappa shape index (κ3) is 14.9. The lowest BCUT2D eigenvalue weighted by molar-refractivity contribution is 0.655. The van der Waals surface area contributed by atoms with Crippen molar-refractivity contribution in [2.45, 2.75) is 74.7 Å². The van der Waals surface area contributed by atoms with Gasteiger partial charge in [-0.2, -0.15) is 0 Å². The highest BCUT2D eigenvalue weighted by molar-refractivity contribution is 7.27. The van der Waals surface area contributed by atoms with Gasteiger partial charge in [0.2, 0.25) is 0 Å². The zero-order valence-electron chi connectivity index (χ0n) is 65.7. The standard InChI is InChI=1S/C16H16.3C13H10O.4C13H10S/c1-11-7-6-9-13-12-8-4-5-10-14(12)16(2,3)15(11)13;1-9-5-4-8-12-13(9)10-6-2-3-7-11(10)14-12;1-9-6-7-13-11(8-9)10-4-2-3-5-12(10)14-13;1-9-6-7-11-10-4-2-3-5-12(10)14-13(11)8-9;1-9-5-4-7-11-10-6-2-3-8-12(10)14-13(9)11;1-9-5-4-8-12-13(9)10-6-2-3-7-11(10)14-12;1-9-6-7-13-11(8-9)10-4-2-3-5-12(10)14-13;1-9-6-7-11-10-4-2-3-5-12(10)14-13(11)8-9/h4-10H,1-3H3;7*2-8H,1H3. The molecule has 16 aromatic carbocycles. The van der Waals surface area contributed by atoms with Gasteiger partial charge in [-0.3, -0.25) is 0 Å². The van der Waals surface area contributed by atoms with E-state index in [0.29, 0.717) is 0 Å². The second-order valence-electron chi connectivity index (χ2n) is 30.2. The molecule has 7 aromatic heterocycles. The van der Waals surface area contributed by atoms with Crippen LogP contribution in [0.2, 0.25) is 0 Å². The number of thiophene rings is 4. The van der Waals surface area contributed by atoms with Crippen molar-refractivity contribution < 1.29 is 13.3 Å². The van der Waals surface area contributed by atoms with E-state index in [1.54, 1.807) is 0 Å². The molecule has 0 atom stereocenters. The molecule has 24 rings (SSSR count). The van der Waals surface area contributed by atoms with Gasteiger partial charge >= 0.3 is 0 Å². The number of rotatable bonds is 0. The first-order valence-electron chi connectivity index (χ1n) is 38.9. The molecule has 556 valence electrons. The molecule has 7 heterocycles. The lowest BCUT2D eigenvalue weighted by atomic mass is 9.80. The maximum atomic E-state index is 5.73. The van der Waals surface area contributed by atoms with Crippen LogP contribution in [0, 0.1) is 55.4 Å². The minimum atomic E-state index is 0.150. The summed E-state index contributed by atoms with van der Waals surface area (Å²) in [6.45, 7) is 21.8. The quantitative estimate of drug-likeness (QED) is 0.152. The average Bonchev–Trinajstić information content (AvgIpc) is 1.57. The molecule has 0 saturated carbocycles. The molecule has 0 amide bonds. The SMILES string of the molecule is Cc1ccc2c(c1)oc1ccccc12.Cc1ccc2c(c1)sc1ccccc12.Cc1ccc2oc3ccccc3c2c1.Cc1ccc2sc3ccccc3c2c1.Cc1cccc2c1C(C)(C)c1ccccc1-2.Cc1cccc2c1sc1ccccc12.Cc1cccc2oc3ccccc3c12.Cc1cccc2sc3ccccc3c12. The number of furan rings is 3. The number of aryl methyl sites for hydroxylation is 8. The van der Waals surface area contributed by atoms with Gasteiger partial charge in [0.05, 0.1) is 0 Å². The highest BCUT2D eigenvalue weighted by Crippen LogP contribution is 2.50. The van der Waals surface area contributed by atoms with Crippen molar-refractivity contribution in [2.24, 2.45) is 0 Å². The first kappa shape index (κ1) is 74.5. The summed E-state index contributed by atoms with van der Waals surface area (Å²) in [5, 5.41) is 18.4. The predicted molar refractivity (Wildman–Crippen MR) is 500 cm³/mol. The van der Waals surface area contributed by atoms with E-state index < -0.39 is 0 Å². The van der Waals surface area contributed by atoms with Crippen molar-refractivity contribution in [2.75, 3.05) is 0 Å². The molecule has 23 aromatic rings. The Kier molecular flexibility index (Phi) is 21.0. The number of hydrogen-bond acceptors (Lipinski definition) is 7. The van der Waals surface area contributed by atoms with Gasteiger partial charge in [0.15, 0.2) is 0 Å². The third-order valence-electron chi connectivity index (χ3n) is 21.7. The Morgan fingerprint density at radius 2 is 0.588 bits per heavy atom. The summed E-state index contributed by atoms with van der Waals surface area (Å²) in [5.74, 6) is 0. The van der Waals surface area contributed by atoms with E-state index in [-0.39, 0.29) is 5.41 Å². The first-order chi connectivity index (χ1) is 55.6. The van der Waals surface area contributed by atoms with E-state index in [9.17, 15) is 0 Å². The van der Waals surface area contributed by atoms with E-state index in [0.717, 1.165) is 33.5 Å². The Hall–Kier alpha value is -12.2. The van der Waals surface area contributed by atoms with Crippen LogP contribution in [0.4, 0.5) is 0 Å². The number of hydrogen-bond donors (Lipinski definition) is 0. The molecule has 0 N–H and O–H groups in total. The van der Waals surface area contributed by atoms with Crippen LogP contribution in [0.25, 0.3) is 158 Å². The van der Waals surface area contributed by atoms with Gasteiger partial charge in [-0.15, -0.1) is 45.3 Å². The molecule has 0 bridgehead atoms. The highest BCUT2D eigenvalue weighted by atomic mass is 32.1. The van der Waals surface area contributed by atoms with Crippen LogP contribution in [-0.2, 0) is 5.41 Å². The topological polar surface area (TPSA) is 39.4 Å². The van der Waals surface area contributed by atoms with Crippen molar-refractivity contribution in [3.8, 4) is 11.1 Å². The van der Waals surface area contributed by atoms with E-state index in [2.05, 4.69) is 336 Å². The molecule has 0 fully saturated rings. The zero-order chi connectivity index (χ0) is 78.1. The van der Waals surface area contributed by atoms with Gasteiger partial charge in [-0.05, 0) is 202 Å². The Labute approximate surface area is 680 Å². The van der Waals surface area contributed by atoms with Crippen molar-refractivity contribution in [3.05, 3.63) is 395 Å². The summed E-state index contributed by atoms with van der Waals surface area (Å²) in [6, 6.07) is 119. The lowest BCUT2D eigenvalue weighted by Crippen LogP contribution is -2.16. The molecule has 7 heteroatoms. The molecule has 0 spiro atoms. The fourth-order valence-electron chi connectivity index (χ4n) is 16.3. The van der Waals surface area contributed by atoms with E-state index in [1.807, 2.05) is 118 Å². The molecular weight excluding hydrogens is 1460 g/mol. The summed E-state index contributed by atoms with van der Waals surface area (Å²) in [7, 11) is 0. The molecule has 0 radical (unpaired) electrons. The molecular formula is C107H86O3S4. The van der Waals surface area contributed by atoms with Gasteiger partial charge in [0, 0.05) is 118 Å². The lowest BCUT2D eigenvalue weighted by Gasteiger charge is -2.23. The van der Waals surface area contributed by atoms with E-state index >= 15 is 0 Å².